The second-order valence-corrected chi connectivity index (χ2v) is 9.14. The van der Waals surface area contributed by atoms with Crippen molar-refractivity contribution in [2.24, 2.45) is 5.92 Å². The molecule has 2 aromatic rings. The summed E-state index contributed by atoms with van der Waals surface area (Å²) in [6, 6.07) is -0.0300. The fourth-order valence-corrected chi connectivity index (χ4v) is 4.02. The molecule has 5 N–H and O–H groups in total. The molecule has 2 aliphatic rings. The van der Waals surface area contributed by atoms with E-state index < -0.39 is 17.3 Å². The van der Waals surface area contributed by atoms with E-state index >= 15 is 0 Å². The number of carbonyl (C=O) groups excluding carboxylic acids is 2. The molecule has 3 heterocycles. The van der Waals surface area contributed by atoms with Gasteiger partial charge in [0.1, 0.15) is 5.56 Å². The maximum Gasteiger partial charge on any atom is 0.378 e. The molecule has 1 atom stereocenters. The number of fused-ring (bicyclic) bond motifs is 1. The number of hydrogen-bond donors (Lipinski definition) is 4. The van der Waals surface area contributed by atoms with Crippen LogP contribution < -0.4 is 21.2 Å². The van der Waals surface area contributed by atoms with E-state index in [1.807, 2.05) is 20.8 Å². The molecule has 11 heteroatoms. The number of morpholine rings is 1. The van der Waals surface area contributed by atoms with Gasteiger partial charge in [-0.05, 0) is 31.8 Å². The monoisotopic (exact) mass is 459 g/mol. The minimum absolute atomic E-state index is 0.0244. The first-order valence-electron chi connectivity index (χ1n) is 11.2. The molecule has 1 aliphatic carbocycles. The lowest BCUT2D eigenvalue weighted by molar-refractivity contribution is -0.686. The number of hydrogen-bond acceptors (Lipinski definition) is 6. The molecule has 2 fully saturated rings. The van der Waals surface area contributed by atoms with Crippen molar-refractivity contribution in [3.05, 3.63) is 27.6 Å². The molecule has 1 saturated carbocycles. The number of carbonyl (C=O) groups is 2. The van der Waals surface area contributed by atoms with Crippen molar-refractivity contribution in [2.45, 2.75) is 52.2 Å². The van der Waals surface area contributed by atoms with Crippen molar-refractivity contribution in [2.75, 3.05) is 25.5 Å². The van der Waals surface area contributed by atoms with Gasteiger partial charge in [-0.1, -0.05) is 18.4 Å². The van der Waals surface area contributed by atoms with Gasteiger partial charge in [0.15, 0.2) is 5.82 Å². The lowest BCUT2D eigenvalue weighted by atomic mass is 10.2. The van der Waals surface area contributed by atoms with Crippen molar-refractivity contribution < 1.29 is 24.0 Å². The van der Waals surface area contributed by atoms with E-state index in [1.54, 1.807) is 4.90 Å². The standard InChI is InChI=1S/C22H30N6O5/c1-12(2)10-27-20-15(6-7-16(29)26-8-9-33-11-13(26)3)18(23)25-28(20)22(32)17(21(27)31)19(30)24-14-4-5-14/h6-7,12-14H,4-5,8-11H2,1-3H3,(H4,23,24,25,30,31,32)/p+1/b7-6+/t13-/m0/s1. The number of ether oxygens (including phenoxy) is 1. The fraction of sp³-hybridized carbons (Fsp3) is 0.545. The summed E-state index contributed by atoms with van der Waals surface area (Å²) in [5.74, 6) is -1.01. The van der Waals surface area contributed by atoms with E-state index in [-0.39, 0.29) is 40.9 Å². The number of rotatable bonds is 6. The van der Waals surface area contributed by atoms with Gasteiger partial charge < -0.3 is 25.8 Å². The zero-order valence-corrected chi connectivity index (χ0v) is 19.1. The minimum atomic E-state index is -0.708. The third kappa shape index (κ3) is 4.45. The predicted octanol–water partition coefficient (Wildman–Crippen LogP) is 0.0116. The van der Waals surface area contributed by atoms with Crippen LogP contribution in [-0.2, 0) is 16.1 Å². The SMILES string of the molecule is CC(C)C[n+]1c(O)c(C(=O)NC2CC2)c(=O)n2[nH]c(N)c(/C=C/C(=O)N3CCOC[C@@H]3C)c21. The molecule has 11 nitrogen and oxygen atoms in total. The highest BCUT2D eigenvalue weighted by Crippen LogP contribution is 2.22. The highest BCUT2D eigenvalue weighted by atomic mass is 16.5. The van der Waals surface area contributed by atoms with Crippen LogP contribution in [0, 0.1) is 5.92 Å². The maximum absolute atomic E-state index is 13.2. The minimum Gasteiger partial charge on any atom is -0.477 e. The summed E-state index contributed by atoms with van der Waals surface area (Å²) in [7, 11) is 0. The first-order chi connectivity index (χ1) is 15.7. The Morgan fingerprint density at radius 1 is 1.39 bits per heavy atom. The average Bonchev–Trinajstić information content (AvgIpc) is 3.50. The number of aromatic amines is 1. The summed E-state index contributed by atoms with van der Waals surface area (Å²) in [5, 5.41) is 16.5. The molecule has 2 amide bonds. The Bertz CT molecular complexity index is 1180. The predicted molar refractivity (Wildman–Crippen MR) is 121 cm³/mol. The average molecular weight is 460 g/mol. The van der Waals surface area contributed by atoms with Gasteiger partial charge in [-0.2, -0.15) is 4.57 Å². The third-order valence-corrected chi connectivity index (χ3v) is 5.86. The number of aromatic nitrogens is 3. The highest BCUT2D eigenvalue weighted by molar-refractivity contribution is 5.96. The Hall–Kier alpha value is -3.34. The van der Waals surface area contributed by atoms with Crippen molar-refractivity contribution in [1.29, 1.82) is 0 Å². The molecule has 33 heavy (non-hydrogen) atoms. The normalized spacial score (nSPS) is 19.0. The summed E-state index contributed by atoms with van der Waals surface area (Å²) in [6.07, 6.45) is 4.63. The van der Waals surface area contributed by atoms with Crippen LogP contribution in [0.15, 0.2) is 10.9 Å². The second-order valence-electron chi connectivity index (χ2n) is 9.14. The molecule has 0 radical (unpaired) electrons. The van der Waals surface area contributed by atoms with Crippen LogP contribution in [0.4, 0.5) is 5.82 Å². The van der Waals surface area contributed by atoms with Gasteiger partial charge in [0.25, 0.3) is 5.91 Å². The molecule has 0 unspecified atom stereocenters. The van der Waals surface area contributed by atoms with Gasteiger partial charge in [0, 0.05) is 18.7 Å². The number of H-pyrrole nitrogens is 1. The number of anilines is 1. The highest BCUT2D eigenvalue weighted by Gasteiger charge is 2.35. The molecular weight excluding hydrogens is 428 g/mol. The van der Waals surface area contributed by atoms with Gasteiger partial charge in [-0.3, -0.25) is 9.59 Å². The van der Waals surface area contributed by atoms with Gasteiger partial charge in [-0.15, -0.1) is 0 Å². The number of nitrogens with one attached hydrogen (secondary N) is 2. The van der Waals surface area contributed by atoms with Gasteiger partial charge >= 0.3 is 17.1 Å². The van der Waals surface area contributed by atoms with E-state index in [4.69, 9.17) is 10.5 Å². The van der Waals surface area contributed by atoms with Crippen molar-refractivity contribution in [3.63, 3.8) is 0 Å². The van der Waals surface area contributed by atoms with Gasteiger partial charge in [0.2, 0.25) is 11.5 Å². The lowest BCUT2D eigenvalue weighted by Crippen LogP contribution is -2.46. The van der Waals surface area contributed by atoms with Crippen LogP contribution >= 0.6 is 0 Å². The summed E-state index contributed by atoms with van der Waals surface area (Å²) >= 11 is 0. The summed E-state index contributed by atoms with van der Waals surface area (Å²) < 4.78 is 8.02. The van der Waals surface area contributed by atoms with Crippen LogP contribution in [0.5, 0.6) is 5.88 Å². The zero-order valence-electron chi connectivity index (χ0n) is 19.1. The maximum atomic E-state index is 13.2. The number of amides is 2. The van der Waals surface area contributed by atoms with E-state index in [1.165, 1.54) is 16.7 Å². The fourth-order valence-electron chi connectivity index (χ4n) is 4.02. The molecule has 0 aromatic carbocycles. The third-order valence-electron chi connectivity index (χ3n) is 5.86. The van der Waals surface area contributed by atoms with Gasteiger partial charge in [-0.25, -0.2) is 9.89 Å². The Labute approximate surface area is 190 Å². The van der Waals surface area contributed by atoms with Crippen molar-refractivity contribution in [1.82, 2.24) is 19.8 Å². The van der Waals surface area contributed by atoms with Crippen molar-refractivity contribution in [3.8, 4) is 5.88 Å². The first-order valence-corrected chi connectivity index (χ1v) is 11.2. The molecule has 178 valence electrons. The molecule has 4 rings (SSSR count). The smallest absolute Gasteiger partial charge is 0.378 e. The van der Waals surface area contributed by atoms with Crippen LogP contribution in [0.25, 0.3) is 11.7 Å². The number of nitrogens with two attached hydrogens (primary N) is 1. The van der Waals surface area contributed by atoms with E-state index in [0.29, 0.717) is 31.9 Å². The molecule has 2 aromatic heterocycles. The quantitative estimate of drug-likeness (QED) is 0.354. The number of aromatic hydroxyl groups is 1. The largest absolute Gasteiger partial charge is 0.477 e. The summed E-state index contributed by atoms with van der Waals surface area (Å²) in [6.45, 7) is 7.57. The zero-order chi connectivity index (χ0) is 23.9. The van der Waals surface area contributed by atoms with Crippen LogP contribution in [0.3, 0.4) is 0 Å². The second kappa shape index (κ2) is 8.89. The number of nitrogens with zero attached hydrogens (tertiary/aromatic N) is 3. The van der Waals surface area contributed by atoms with Crippen LogP contribution in [0.2, 0.25) is 0 Å². The number of nitrogen functional groups attached to an aromatic ring is 1. The Balaban J connectivity index is 1.80. The van der Waals surface area contributed by atoms with Crippen LogP contribution in [-0.4, -0.2) is 63.3 Å². The van der Waals surface area contributed by atoms with Crippen LogP contribution in [0.1, 0.15) is 49.5 Å². The Morgan fingerprint density at radius 3 is 2.76 bits per heavy atom. The lowest BCUT2D eigenvalue weighted by Gasteiger charge is -2.32. The molecule has 0 spiro atoms. The molecule has 1 aliphatic heterocycles. The van der Waals surface area contributed by atoms with E-state index in [0.717, 1.165) is 17.4 Å². The summed E-state index contributed by atoms with van der Waals surface area (Å²) in [5.41, 5.74) is 5.79. The summed E-state index contributed by atoms with van der Waals surface area (Å²) in [4.78, 5) is 40.3. The first kappa shape index (κ1) is 22.8. The van der Waals surface area contributed by atoms with Gasteiger partial charge in [0.05, 0.1) is 25.8 Å². The Morgan fingerprint density at radius 2 is 2.12 bits per heavy atom. The van der Waals surface area contributed by atoms with E-state index in [2.05, 4.69) is 10.4 Å². The van der Waals surface area contributed by atoms with Crippen molar-refractivity contribution >= 4 is 29.4 Å². The topological polar surface area (TPSA) is 146 Å². The molecule has 1 saturated heterocycles. The Kier molecular flexibility index (Phi) is 6.15. The molecular formula is C22H31N6O5+. The van der Waals surface area contributed by atoms with E-state index in [9.17, 15) is 19.5 Å². The molecule has 0 bridgehead atoms.